The minimum atomic E-state index is -0.435. The number of benzene rings is 1. The Morgan fingerprint density at radius 1 is 1.35 bits per heavy atom. The molecule has 0 aliphatic rings. The number of imidazole rings is 1. The second-order valence-electron chi connectivity index (χ2n) is 4.97. The molecule has 0 amide bonds. The first-order valence-electron chi connectivity index (χ1n) is 6.63. The van der Waals surface area contributed by atoms with E-state index in [1.54, 1.807) is 12.5 Å². The molecule has 0 aliphatic carbocycles. The summed E-state index contributed by atoms with van der Waals surface area (Å²) in [6, 6.07) is 11.7. The Kier molecular flexibility index (Phi) is 4.31. The van der Waals surface area contributed by atoms with Gasteiger partial charge in [-0.25, -0.2) is 4.98 Å². The molecule has 1 unspecified atom stereocenters. The third-order valence-corrected chi connectivity index (χ3v) is 3.29. The Bertz CT molecular complexity index is 623. The van der Waals surface area contributed by atoms with Crippen LogP contribution in [0, 0.1) is 11.3 Å². The highest BCUT2D eigenvalue weighted by molar-refractivity contribution is 5.99. The van der Waals surface area contributed by atoms with Crippen molar-refractivity contribution in [1.29, 1.82) is 5.26 Å². The highest BCUT2D eigenvalue weighted by Gasteiger charge is 2.25. The molecule has 20 heavy (non-hydrogen) atoms. The summed E-state index contributed by atoms with van der Waals surface area (Å²) in [7, 11) is 0. The Balaban J connectivity index is 2.38. The summed E-state index contributed by atoms with van der Waals surface area (Å²) in [6.07, 6.45) is 3.41. The van der Waals surface area contributed by atoms with E-state index in [1.807, 2.05) is 48.7 Å². The molecule has 0 radical (unpaired) electrons. The van der Waals surface area contributed by atoms with E-state index in [2.05, 4.69) is 11.1 Å². The Labute approximate surface area is 118 Å². The van der Waals surface area contributed by atoms with Gasteiger partial charge in [-0.2, -0.15) is 5.26 Å². The van der Waals surface area contributed by atoms with Crippen LogP contribution < -0.4 is 0 Å². The topological polar surface area (TPSA) is 58.7 Å². The van der Waals surface area contributed by atoms with Crippen LogP contribution in [-0.2, 0) is 0 Å². The largest absolute Gasteiger partial charge is 0.326 e. The van der Waals surface area contributed by atoms with Crippen molar-refractivity contribution in [3.05, 3.63) is 54.1 Å². The smallest absolute Gasteiger partial charge is 0.189 e. The van der Waals surface area contributed by atoms with Crippen LogP contribution >= 0.6 is 0 Å². The van der Waals surface area contributed by atoms with E-state index in [0.29, 0.717) is 5.69 Å². The molecule has 102 valence electrons. The average Bonchev–Trinajstić information content (AvgIpc) is 2.94. The fraction of sp³-hybridized carbons (Fsp3) is 0.312. The molecule has 1 atom stereocenters. The molecule has 1 aromatic carbocycles. The van der Waals surface area contributed by atoms with Gasteiger partial charge in [-0.1, -0.05) is 30.3 Å². The van der Waals surface area contributed by atoms with Crippen molar-refractivity contribution in [3.8, 4) is 6.07 Å². The molecule has 4 heteroatoms. The molecule has 0 saturated carbocycles. The van der Waals surface area contributed by atoms with Gasteiger partial charge in [-0.05, 0) is 19.4 Å². The summed E-state index contributed by atoms with van der Waals surface area (Å²) >= 11 is 0. The van der Waals surface area contributed by atoms with Crippen molar-refractivity contribution in [2.45, 2.75) is 32.2 Å². The standard InChI is InChI=1S/C16H17N3O/c1-12(2)19-11-18-10-15(19)16(20)14(8-9-17)13-6-4-3-5-7-13/h3-7,10-12,14H,8H2,1-2H3. The molecular weight excluding hydrogens is 250 g/mol. The van der Waals surface area contributed by atoms with Crippen molar-refractivity contribution in [2.75, 3.05) is 0 Å². The molecule has 0 saturated heterocycles. The number of carbonyl (C=O) groups excluding carboxylic acids is 1. The van der Waals surface area contributed by atoms with Gasteiger partial charge in [-0.3, -0.25) is 4.79 Å². The van der Waals surface area contributed by atoms with Gasteiger partial charge in [0, 0.05) is 12.5 Å². The summed E-state index contributed by atoms with van der Waals surface area (Å²) in [4.78, 5) is 16.8. The number of hydrogen-bond donors (Lipinski definition) is 0. The summed E-state index contributed by atoms with van der Waals surface area (Å²) in [5.74, 6) is -0.487. The van der Waals surface area contributed by atoms with Crippen molar-refractivity contribution in [2.24, 2.45) is 0 Å². The number of ketones is 1. The number of hydrogen-bond acceptors (Lipinski definition) is 3. The van der Waals surface area contributed by atoms with Crippen molar-refractivity contribution in [1.82, 2.24) is 9.55 Å². The van der Waals surface area contributed by atoms with E-state index in [1.165, 1.54) is 0 Å². The van der Waals surface area contributed by atoms with Gasteiger partial charge in [0.15, 0.2) is 5.78 Å². The number of aromatic nitrogens is 2. The highest BCUT2D eigenvalue weighted by atomic mass is 16.1. The fourth-order valence-electron chi connectivity index (χ4n) is 2.22. The maximum atomic E-state index is 12.7. The first kappa shape index (κ1) is 14.0. The average molecular weight is 267 g/mol. The summed E-state index contributed by atoms with van der Waals surface area (Å²) in [5, 5.41) is 9.00. The normalized spacial score (nSPS) is 12.1. The highest BCUT2D eigenvalue weighted by Crippen LogP contribution is 2.25. The summed E-state index contributed by atoms with van der Waals surface area (Å²) < 4.78 is 1.84. The molecular formula is C16H17N3O. The summed E-state index contributed by atoms with van der Waals surface area (Å²) in [6.45, 7) is 4.00. The number of carbonyl (C=O) groups is 1. The van der Waals surface area contributed by atoms with Crippen molar-refractivity contribution in [3.63, 3.8) is 0 Å². The second kappa shape index (κ2) is 6.16. The van der Waals surface area contributed by atoms with Gasteiger partial charge in [0.2, 0.25) is 0 Å². The lowest BCUT2D eigenvalue weighted by Gasteiger charge is -2.16. The van der Waals surface area contributed by atoms with Crippen LogP contribution in [0.2, 0.25) is 0 Å². The lowest BCUT2D eigenvalue weighted by Crippen LogP contribution is -2.17. The Hall–Kier alpha value is -2.41. The molecule has 2 aromatic rings. The molecule has 0 bridgehead atoms. The van der Waals surface area contributed by atoms with E-state index in [9.17, 15) is 4.79 Å². The molecule has 0 fully saturated rings. The Morgan fingerprint density at radius 3 is 2.65 bits per heavy atom. The van der Waals surface area contributed by atoms with E-state index in [-0.39, 0.29) is 18.2 Å². The van der Waals surface area contributed by atoms with Crippen LogP contribution in [0.5, 0.6) is 0 Å². The van der Waals surface area contributed by atoms with Crippen molar-refractivity contribution >= 4 is 5.78 Å². The number of Topliss-reactive ketones (excluding diaryl/α,β-unsaturated/α-hetero) is 1. The van der Waals surface area contributed by atoms with Crippen LogP contribution in [0.4, 0.5) is 0 Å². The van der Waals surface area contributed by atoms with Crippen LogP contribution in [0.15, 0.2) is 42.9 Å². The molecule has 1 aromatic heterocycles. The van der Waals surface area contributed by atoms with Crippen LogP contribution in [-0.4, -0.2) is 15.3 Å². The van der Waals surface area contributed by atoms with Crippen LogP contribution in [0.3, 0.4) is 0 Å². The van der Waals surface area contributed by atoms with E-state index in [4.69, 9.17) is 5.26 Å². The predicted octanol–water partition coefficient (Wildman–Crippen LogP) is 3.34. The second-order valence-corrected chi connectivity index (χ2v) is 4.97. The maximum Gasteiger partial charge on any atom is 0.189 e. The Morgan fingerprint density at radius 2 is 2.05 bits per heavy atom. The molecule has 0 N–H and O–H groups in total. The van der Waals surface area contributed by atoms with Gasteiger partial charge in [-0.15, -0.1) is 0 Å². The van der Waals surface area contributed by atoms with Crippen LogP contribution in [0.25, 0.3) is 0 Å². The third-order valence-electron chi connectivity index (χ3n) is 3.29. The molecule has 0 spiro atoms. The number of nitriles is 1. The molecule has 4 nitrogen and oxygen atoms in total. The van der Waals surface area contributed by atoms with E-state index in [0.717, 1.165) is 5.56 Å². The van der Waals surface area contributed by atoms with E-state index >= 15 is 0 Å². The first-order chi connectivity index (χ1) is 9.65. The maximum absolute atomic E-state index is 12.7. The van der Waals surface area contributed by atoms with Gasteiger partial charge < -0.3 is 4.57 Å². The lowest BCUT2D eigenvalue weighted by atomic mass is 9.90. The van der Waals surface area contributed by atoms with Gasteiger partial charge in [0.1, 0.15) is 5.69 Å². The van der Waals surface area contributed by atoms with Crippen molar-refractivity contribution < 1.29 is 4.79 Å². The quantitative estimate of drug-likeness (QED) is 0.780. The van der Waals surface area contributed by atoms with Crippen LogP contribution in [0.1, 0.15) is 48.3 Å². The monoisotopic (exact) mass is 267 g/mol. The fourth-order valence-corrected chi connectivity index (χ4v) is 2.22. The van der Waals surface area contributed by atoms with Gasteiger partial charge >= 0.3 is 0 Å². The molecule has 1 heterocycles. The zero-order chi connectivity index (χ0) is 14.5. The van der Waals surface area contributed by atoms with E-state index < -0.39 is 5.92 Å². The predicted molar refractivity (Wildman–Crippen MR) is 76.4 cm³/mol. The SMILES string of the molecule is CC(C)n1cncc1C(=O)C(CC#N)c1ccccc1. The minimum absolute atomic E-state index is 0.0519. The van der Waals surface area contributed by atoms with Gasteiger partial charge in [0.25, 0.3) is 0 Å². The summed E-state index contributed by atoms with van der Waals surface area (Å²) in [5.41, 5.74) is 1.43. The first-order valence-corrected chi connectivity index (χ1v) is 6.63. The zero-order valence-electron chi connectivity index (χ0n) is 11.7. The number of nitrogens with zero attached hydrogens (tertiary/aromatic N) is 3. The molecule has 0 aliphatic heterocycles. The lowest BCUT2D eigenvalue weighted by molar-refractivity contribution is 0.0950. The van der Waals surface area contributed by atoms with Gasteiger partial charge in [0.05, 0.1) is 24.5 Å². The zero-order valence-corrected chi connectivity index (χ0v) is 11.7. The third kappa shape index (κ3) is 2.77. The number of rotatable bonds is 5. The molecule has 2 rings (SSSR count). The minimum Gasteiger partial charge on any atom is -0.326 e.